The standard InChI is InChI=1S/C21H22N2O2/c1-23(2)19-14-20(24-3)16(13-21(19)25-4)10-9-15-11-12-22-18-8-6-5-7-17(15)18/h5-14H,1-4H3/b10-9+. The van der Waals surface area contributed by atoms with Gasteiger partial charge in [-0.15, -0.1) is 0 Å². The molecule has 25 heavy (non-hydrogen) atoms. The molecule has 0 atom stereocenters. The van der Waals surface area contributed by atoms with Crippen molar-refractivity contribution in [2.45, 2.75) is 0 Å². The van der Waals surface area contributed by atoms with Crippen molar-refractivity contribution in [2.24, 2.45) is 0 Å². The van der Waals surface area contributed by atoms with E-state index in [-0.39, 0.29) is 0 Å². The van der Waals surface area contributed by atoms with Crippen LogP contribution in [0.2, 0.25) is 0 Å². The number of anilines is 1. The van der Waals surface area contributed by atoms with Gasteiger partial charge < -0.3 is 14.4 Å². The fourth-order valence-electron chi connectivity index (χ4n) is 2.83. The fraction of sp³-hybridized carbons (Fsp3) is 0.190. The first kappa shape index (κ1) is 16.8. The fourth-order valence-corrected chi connectivity index (χ4v) is 2.83. The molecule has 2 aromatic carbocycles. The van der Waals surface area contributed by atoms with E-state index in [0.29, 0.717) is 0 Å². The predicted molar refractivity (Wildman–Crippen MR) is 105 cm³/mol. The zero-order valence-electron chi connectivity index (χ0n) is 15.0. The van der Waals surface area contributed by atoms with E-state index in [1.165, 1.54) is 0 Å². The molecule has 0 saturated carbocycles. The van der Waals surface area contributed by atoms with Crippen LogP contribution in [-0.2, 0) is 0 Å². The number of pyridine rings is 1. The minimum absolute atomic E-state index is 0.805. The van der Waals surface area contributed by atoms with E-state index < -0.39 is 0 Å². The summed E-state index contributed by atoms with van der Waals surface area (Å²) < 4.78 is 11.1. The quantitative estimate of drug-likeness (QED) is 0.688. The second-order valence-electron chi connectivity index (χ2n) is 5.91. The molecule has 0 spiro atoms. The second kappa shape index (κ2) is 7.26. The summed E-state index contributed by atoms with van der Waals surface area (Å²) in [7, 11) is 7.32. The van der Waals surface area contributed by atoms with Crippen molar-refractivity contribution >= 4 is 28.7 Å². The Morgan fingerprint density at radius 3 is 2.32 bits per heavy atom. The molecular formula is C21H22N2O2. The molecule has 128 valence electrons. The van der Waals surface area contributed by atoms with E-state index in [2.05, 4.69) is 17.1 Å². The van der Waals surface area contributed by atoms with Gasteiger partial charge in [-0.1, -0.05) is 30.4 Å². The maximum atomic E-state index is 5.57. The van der Waals surface area contributed by atoms with Crippen molar-refractivity contribution in [3.05, 3.63) is 59.8 Å². The predicted octanol–water partition coefficient (Wildman–Crippen LogP) is 4.49. The van der Waals surface area contributed by atoms with Crippen LogP contribution in [0.25, 0.3) is 23.1 Å². The van der Waals surface area contributed by atoms with Gasteiger partial charge in [0.15, 0.2) is 0 Å². The summed E-state index contributed by atoms with van der Waals surface area (Å²) in [6, 6.07) is 14.1. The Balaban J connectivity index is 2.05. The van der Waals surface area contributed by atoms with Crippen molar-refractivity contribution in [1.82, 2.24) is 4.98 Å². The summed E-state index contributed by atoms with van der Waals surface area (Å²) in [5, 5.41) is 1.12. The number of rotatable bonds is 5. The van der Waals surface area contributed by atoms with Gasteiger partial charge in [-0.3, -0.25) is 4.98 Å². The Morgan fingerprint density at radius 2 is 1.60 bits per heavy atom. The molecule has 0 bridgehead atoms. The summed E-state index contributed by atoms with van der Waals surface area (Å²) in [5.74, 6) is 1.61. The van der Waals surface area contributed by atoms with Gasteiger partial charge in [0.1, 0.15) is 11.5 Å². The van der Waals surface area contributed by atoms with Gasteiger partial charge in [-0.05, 0) is 23.8 Å². The molecule has 3 rings (SSSR count). The molecular weight excluding hydrogens is 312 g/mol. The number of nitrogens with zero attached hydrogens (tertiary/aromatic N) is 2. The first-order valence-electron chi connectivity index (χ1n) is 8.09. The van der Waals surface area contributed by atoms with Gasteiger partial charge in [0.2, 0.25) is 0 Å². The average molecular weight is 334 g/mol. The maximum absolute atomic E-state index is 5.57. The summed E-state index contributed by atoms with van der Waals surface area (Å²) >= 11 is 0. The molecule has 0 fully saturated rings. The highest BCUT2D eigenvalue weighted by molar-refractivity contribution is 5.91. The van der Waals surface area contributed by atoms with Crippen molar-refractivity contribution in [3.8, 4) is 11.5 Å². The van der Waals surface area contributed by atoms with Gasteiger partial charge in [0, 0.05) is 37.3 Å². The lowest BCUT2D eigenvalue weighted by atomic mass is 10.1. The number of hydrogen-bond acceptors (Lipinski definition) is 4. The smallest absolute Gasteiger partial charge is 0.143 e. The zero-order valence-corrected chi connectivity index (χ0v) is 15.0. The summed E-state index contributed by atoms with van der Waals surface area (Å²) in [6.45, 7) is 0. The Bertz CT molecular complexity index is 912. The third-order valence-corrected chi connectivity index (χ3v) is 4.14. The third kappa shape index (κ3) is 3.43. The van der Waals surface area contributed by atoms with E-state index in [1.807, 2.05) is 67.7 Å². The van der Waals surface area contributed by atoms with Crippen molar-refractivity contribution in [2.75, 3.05) is 33.2 Å². The number of hydrogen-bond donors (Lipinski definition) is 0. The highest BCUT2D eigenvalue weighted by atomic mass is 16.5. The van der Waals surface area contributed by atoms with Crippen LogP contribution in [0, 0.1) is 0 Å². The molecule has 1 heterocycles. The molecule has 4 nitrogen and oxygen atoms in total. The van der Waals surface area contributed by atoms with Crippen LogP contribution in [0.1, 0.15) is 11.1 Å². The second-order valence-corrected chi connectivity index (χ2v) is 5.91. The molecule has 0 saturated heterocycles. The zero-order chi connectivity index (χ0) is 17.8. The monoisotopic (exact) mass is 334 g/mol. The van der Waals surface area contributed by atoms with E-state index in [9.17, 15) is 0 Å². The number of fused-ring (bicyclic) bond motifs is 1. The first-order chi connectivity index (χ1) is 12.1. The Morgan fingerprint density at radius 1 is 0.880 bits per heavy atom. The molecule has 0 amide bonds. The lowest BCUT2D eigenvalue weighted by Gasteiger charge is -2.19. The molecule has 1 aromatic heterocycles. The van der Waals surface area contributed by atoms with E-state index in [1.54, 1.807) is 14.2 Å². The summed E-state index contributed by atoms with van der Waals surface area (Å²) in [4.78, 5) is 6.41. The van der Waals surface area contributed by atoms with Crippen LogP contribution in [0.15, 0.2) is 48.7 Å². The van der Waals surface area contributed by atoms with E-state index in [4.69, 9.17) is 9.47 Å². The Labute approximate surface area is 148 Å². The van der Waals surface area contributed by atoms with Crippen LogP contribution < -0.4 is 14.4 Å². The number of ether oxygens (including phenoxy) is 2. The van der Waals surface area contributed by atoms with Crippen LogP contribution in [0.4, 0.5) is 5.69 Å². The molecule has 0 N–H and O–H groups in total. The highest BCUT2D eigenvalue weighted by Gasteiger charge is 2.11. The van der Waals surface area contributed by atoms with Crippen molar-refractivity contribution < 1.29 is 9.47 Å². The molecule has 0 radical (unpaired) electrons. The molecule has 4 heteroatoms. The summed E-state index contributed by atoms with van der Waals surface area (Å²) in [5.41, 5.74) is 4.04. The molecule has 0 aliphatic heterocycles. The number of methoxy groups -OCH3 is 2. The molecule has 0 unspecified atom stereocenters. The molecule has 3 aromatic rings. The lowest BCUT2D eigenvalue weighted by molar-refractivity contribution is 0.403. The number of para-hydroxylation sites is 1. The van der Waals surface area contributed by atoms with Gasteiger partial charge in [0.05, 0.1) is 25.4 Å². The van der Waals surface area contributed by atoms with Gasteiger partial charge in [-0.2, -0.15) is 0 Å². The number of benzene rings is 2. The van der Waals surface area contributed by atoms with Gasteiger partial charge in [0.25, 0.3) is 0 Å². The van der Waals surface area contributed by atoms with E-state index >= 15 is 0 Å². The molecule has 0 aliphatic rings. The Kier molecular flexibility index (Phi) is 4.89. The van der Waals surface area contributed by atoms with Crippen LogP contribution >= 0.6 is 0 Å². The minimum atomic E-state index is 0.805. The van der Waals surface area contributed by atoms with Gasteiger partial charge in [-0.25, -0.2) is 0 Å². The Hall–Kier alpha value is -3.01. The van der Waals surface area contributed by atoms with Crippen LogP contribution in [-0.4, -0.2) is 33.3 Å². The highest BCUT2D eigenvalue weighted by Crippen LogP contribution is 2.35. The normalized spacial score (nSPS) is 11.0. The average Bonchev–Trinajstić information content (AvgIpc) is 2.65. The first-order valence-corrected chi connectivity index (χ1v) is 8.09. The number of aromatic nitrogens is 1. The lowest BCUT2D eigenvalue weighted by Crippen LogP contribution is -2.10. The molecule has 0 aliphatic carbocycles. The SMILES string of the molecule is COc1cc(N(C)C)c(OC)cc1/C=C/c1ccnc2ccccc12. The van der Waals surface area contributed by atoms with Crippen molar-refractivity contribution in [3.63, 3.8) is 0 Å². The third-order valence-electron chi connectivity index (χ3n) is 4.14. The summed E-state index contributed by atoms with van der Waals surface area (Å²) in [6.07, 6.45) is 5.95. The topological polar surface area (TPSA) is 34.6 Å². The van der Waals surface area contributed by atoms with E-state index in [0.717, 1.165) is 39.2 Å². The largest absolute Gasteiger partial charge is 0.496 e. The minimum Gasteiger partial charge on any atom is -0.496 e. The van der Waals surface area contributed by atoms with Crippen LogP contribution in [0.5, 0.6) is 11.5 Å². The maximum Gasteiger partial charge on any atom is 0.143 e. The van der Waals surface area contributed by atoms with Crippen LogP contribution in [0.3, 0.4) is 0 Å². The van der Waals surface area contributed by atoms with Gasteiger partial charge >= 0.3 is 0 Å². The van der Waals surface area contributed by atoms with Crippen molar-refractivity contribution in [1.29, 1.82) is 0 Å².